The van der Waals surface area contributed by atoms with Crippen LogP contribution in [0.15, 0.2) is 29.3 Å². The normalized spacial score (nSPS) is 33.6. The van der Waals surface area contributed by atoms with E-state index in [1.54, 1.807) is 4.90 Å². The molecule has 122 valence electrons. The number of likely N-dealkylation sites (tertiary alicyclic amines) is 1. The Morgan fingerprint density at radius 2 is 2.04 bits per heavy atom. The number of carbonyl (C=O) groups excluding carboxylic acids is 1. The summed E-state index contributed by atoms with van der Waals surface area (Å²) in [6.07, 6.45) is 2.06. The molecule has 2 heterocycles. The molecule has 0 unspecified atom stereocenters. The number of fused-ring (bicyclic) bond motifs is 2. The van der Waals surface area contributed by atoms with Crippen molar-refractivity contribution in [2.24, 2.45) is 16.8 Å². The molecule has 0 aromatic heterocycles. The minimum atomic E-state index is -0.454. The van der Waals surface area contributed by atoms with Gasteiger partial charge in [0.05, 0.1) is 0 Å². The number of rotatable bonds is 2. The molecular formula is C19H25N3O. The lowest BCUT2D eigenvalue weighted by atomic mass is 9.85. The van der Waals surface area contributed by atoms with Gasteiger partial charge in [0.2, 0.25) is 0 Å². The Kier molecular flexibility index (Phi) is 3.34. The molecule has 0 radical (unpaired) electrons. The van der Waals surface area contributed by atoms with Crippen LogP contribution in [0.3, 0.4) is 0 Å². The smallest absolute Gasteiger partial charge is 0.255 e. The van der Waals surface area contributed by atoms with Crippen LogP contribution < -0.4 is 0 Å². The summed E-state index contributed by atoms with van der Waals surface area (Å²) in [7, 11) is 1.86. The average molecular weight is 311 g/mol. The molecule has 3 aliphatic rings. The zero-order valence-corrected chi connectivity index (χ0v) is 14.2. The number of aryl methyl sites for hydroxylation is 1. The largest absolute Gasteiger partial charge is 0.302 e. The first-order chi connectivity index (χ1) is 11.0. The lowest BCUT2D eigenvalue weighted by Crippen LogP contribution is -2.45. The third-order valence-electron chi connectivity index (χ3n) is 6.20. The molecule has 4 nitrogen and oxygen atoms in total. The predicted molar refractivity (Wildman–Crippen MR) is 91.3 cm³/mol. The first-order valence-electron chi connectivity index (χ1n) is 8.63. The van der Waals surface area contributed by atoms with Crippen LogP contribution in [-0.2, 0) is 11.3 Å². The molecular weight excluding hydrogens is 286 g/mol. The molecule has 1 aromatic carbocycles. The van der Waals surface area contributed by atoms with E-state index in [1.807, 2.05) is 14.0 Å². The van der Waals surface area contributed by atoms with E-state index in [2.05, 4.69) is 36.1 Å². The van der Waals surface area contributed by atoms with Crippen LogP contribution in [-0.4, -0.2) is 47.2 Å². The Hall–Kier alpha value is -1.68. The summed E-state index contributed by atoms with van der Waals surface area (Å²) in [6, 6.07) is 8.60. The highest BCUT2D eigenvalue weighted by molar-refractivity contribution is 6.07. The van der Waals surface area contributed by atoms with Crippen LogP contribution >= 0.6 is 0 Å². The van der Waals surface area contributed by atoms with Gasteiger partial charge in [-0.05, 0) is 43.7 Å². The molecule has 4 rings (SSSR count). The number of hydrogen-bond donors (Lipinski definition) is 0. The fourth-order valence-electron chi connectivity index (χ4n) is 4.80. The van der Waals surface area contributed by atoms with Crippen LogP contribution in [0, 0.1) is 18.8 Å². The van der Waals surface area contributed by atoms with Gasteiger partial charge in [-0.3, -0.25) is 14.7 Å². The third kappa shape index (κ3) is 2.15. The maximum atomic E-state index is 12.8. The quantitative estimate of drug-likeness (QED) is 0.841. The monoisotopic (exact) mass is 311 g/mol. The fraction of sp³-hybridized carbons (Fsp3) is 0.579. The molecule has 1 aliphatic carbocycles. The summed E-state index contributed by atoms with van der Waals surface area (Å²) in [5.74, 6) is 2.11. The van der Waals surface area contributed by atoms with Gasteiger partial charge in [0.1, 0.15) is 11.4 Å². The van der Waals surface area contributed by atoms with Crippen LogP contribution in [0.2, 0.25) is 0 Å². The number of carbonyl (C=O) groups is 1. The van der Waals surface area contributed by atoms with Gasteiger partial charge in [-0.2, -0.15) is 0 Å². The number of likely N-dealkylation sites (N-methyl/N-ethyl adjacent to an activating group) is 1. The summed E-state index contributed by atoms with van der Waals surface area (Å²) < 4.78 is 0. The lowest BCUT2D eigenvalue weighted by molar-refractivity contribution is -0.131. The van der Waals surface area contributed by atoms with Crippen LogP contribution in [0.1, 0.15) is 30.9 Å². The van der Waals surface area contributed by atoms with Crippen molar-refractivity contribution in [2.75, 3.05) is 20.1 Å². The number of hydrogen-bond acceptors (Lipinski definition) is 3. The molecule has 2 aliphatic heterocycles. The van der Waals surface area contributed by atoms with Crippen molar-refractivity contribution in [3.05, 3.63) is 35.4 Å². The van der Waals surface area contributed by atoms with Crippen molar-refractivity contribution in [3.63, 3.8) is 0 Å². The second-order valence-electron chi connectivity index (χ2n) is 7.47. The van der Waals surface area contributed by atoms with Crippen molar-refractivity contribution in [2.45, 2.75) is 38.8 Å². The van der Waals surface area contributed by atoms with E-state index in [-0.39, 0.29) is 5.91 Å². The number of amides is 1. The van der Waals surface area contributed by atoms with Gasteiger partial charge in [0.15, 0.2) is 0 Å². The van der Waals surface area contributed by atoms with Crippen molar-refractivity contribution in [1.82, 2.24) is 9.80 Å². The summed E-state index contributed by atoms with van der Waals surface area (Å²) >= 11 is 0. The SMILES string of the molecule is CC1=N[C@@]2(CC[C@@H]3CN(Cc4ccccc4C)C[C@@H]32)C(=O)N1C. The highest BCUT2D eigenvalue weighted by Gasteiger charge is 2.59. The van der Waals surface area contributed by atoms with Crippen molar-refractivity contribution >= 4 is 11.7 Å². The van der Waals surface area contributed by atoms with E-state index in [1.165, 1.54) is 11.1 Å². The van der Waals surface area contributed by atoms with Crippen LogP contribution in [0.4, 0.5) is 0 Å². The van der Waals surface area contributed by atoms with Crippen LogP contribution in [0.25, 0.3) is 0 Å². The molecule has 1 saturated heterocycles. The standard InChI is InChI=1S/C19H25N3O/c1-13-6-4-5-7-15(13)10-22-11-16-8-9-19(17(16)12-22)18(23)21(3)14(2)20-19/h4-7,16-17H,8-12H2,1-3H3/t16-,17+,19-/m1/s1. The number of benzene rings is 1. The molecule has 1 amide bonds. The second kappa shape index (κ2) is 5.17. The Morgan fingerprint density at radius 3 is 2.74 bits per heavy atom. The van der Waals surface area contributed by atoms with Gasteiger partial charge in [-0.1, -0.05) is 24.3 Å². The Labute approximate surface area is 138 Å². The zero-order valence-electron chi connectivity index (χ0n) is 14.2. The van der Waals surface area contributed by atoms with Crippen molar-refractivity contribution < 1.29 is 4.79 Å². The molecule has 3 atom stereocenters. The molecule has 1 aromatic rings. The van der Waals surface area contributed by atoms with E-state index in [0.717, 1.165) is 38.3 Å². The Morgan fingerprint density at radius 1 is 1.26 bits per heavy atom. The van der Waals surface area contributed by atoms with Gasteiger partial charge < -0.3 is 4.90 Å². The highest BCUT2D eigenvalue weighted by atomic mass is 16.2. The summed E-state index contributed by atoms with van der Waals surface area (Å²) in [5.41, 5.74) is 2.30. The number of amidine groups is 1. The van der Waals surface area contributed by atoms with E-state index < -0.39 is 5.54 Å². The number of aliphatic imine (C=N–C) groups is 1. The van der Waals surface area contributed by atoms with Crippen LogP contribution in [0.5, 0.6) is 0 Å². The van der Waals surface area contributed by atoms with Gasteiger partial charge >= 0.3 is 0 Å². The second-order valence-corrected chi connectivity index (χ2v) is 7.47. The summed E-state index contributed by atoms with van der Waals surface area (Å²) in [5, 5.41) is 0. The maximum Gasteiger partial charge on any atom is 0.255 e. The average Bonchev–Trinajstić information content (AvgIpc) is 3.14. The molecule has 0 bridgehead atoms. The summed E-state index contributed by atoms with van der Waals surface area (Å²) in [4.78, 5) is 21.9. The van der Waals surface area contributed by atoms with Gasteiger partial charge in [-0.25, -0.2) is 0 Å². The number of nitrogens with zero attached hydrogens (tertiary/aromatic N) is 3. The lowest BCUT2D eigenvalue weighted by Gasteiger charge is -2.27. The molecule has 23 heavy (non-hydrogen) atoms. The van der Waals surface area contributed by atoms with E-state index in [4.69, 9.17) is 4.99 Å². The molecule has 4 heteroatoms. The fourth-order valence-corrected chi connectivity index (χ4v) is 4.80. The van der Waals surface area contributed by atoms with E-state index in [0.29, 0.717) is 11.8 Å². The van der Waals surface area contributed by atoms with Crippen molar-refractivity contribution in [3.8, 4) is 0 Å². The molecule has 1 saturated carbocycles. The van der Waals surface area contributed by atoms with Gasteiger partial charge in [0.25, 0.3) is 5.91 Å². The predicted octanol–water partition coefficient (Wildman–Crippen LogP) is 2.47. The Bertz CT molecular complexity index is 683. The third-order valence-corrected chi connectivity index (χ3v) is 6.20. The van der Waals surface area contributed by atoms with E-state index >= 15 is 0 Å². The minimum absolute atomic E-state index is 0.222. The molecule has 0 N–H and O–H groups in total. The molecule has 2 fully saturated rings. The maximum absolute atomic E-state index is 12.8. The summed E-state index contributed by atoms with van der Waals surface area (Å²) in [6.45, 7) is 7.22. The topological polar surface area (TPSA) is 35.9 Å². The first-order valence-corrected chi connectivity index (χ1v) is 8.63. The molecule has 1 spiro atoms. The Balaban J connectivity index is 1.55. The minimum Gasteiger partial charge on any atom is -0.302 e. The van der Waals surface area contributed by atoms with Gasteiger partial charge in [0, 0.05) is 32.6 Å². The highest BCUT2D eigenvalue weighted by Crippen LogP contribution is 2.50. The van der Waals surface area contributed by atoms with Crippen molar-refractivity contribution in [1.29, 1.82) is 0 Å². The van der Waals surface area contributed by atoms with E-state index in [9.17, 15) is 4.79 Å². The first kappa shape index (κ1) is 14.9. The zero-order chi connectivity index (χ0) is 16.2. The van der Waals surface area contributed by atoms with Gasteiger partial charge in [-0.15, -0.1) is 0 Å².